The second-order valence-corrected chi connectivity index (χ2v) is 11.1. The van der Waals surface area contributed by atoms with Crippen LogP contribution in [0.2, 0.25) is 0 Å². The van der Waals surface area contributed by atoms with E-state index in [0.717, 1.165) is 47.5 Å². The first-order chi connectivity index (χ1) is 19.4. The van der Waals surface area contributed by atoms with E-state index in [2.05, 4.69) is 15.6 Å². The highest BCUT2D eigenvalue weighted by atomic mass is 19.1. The highest BCUT2D eigenvalue weighted by Crippen LogP contribution is 2.46. The maximum Gasteiger partial charge on any atom is 0.262 e. The molecule has 11 heteroatoms. The van der Waals surface area contributed by atoms with Crippen molar-refractivity contribution < 1.29 is 23.6 Å². The normalized spacial score (nSPS) is 24.1. The molecular weight excluding hydrogens is 515 g/mol. The largest absolute Gasteiger partial charge is 0.385 e. The number of hydrogen-bond donors (Lipinski definition) is 2. The summed E-state index contributed by atoms with van der Waals surface area (Å²) in [5.41, 5.74) is 3.30. The predicted molar refractivity (Wildman–Crippen MR) is 141 cm³/mol. The molecule has 1 aromatic carbocycles. The third kappa shape index (κ3) is 4.16. The lowest BCUT2D eigenvalue weighted by Gasteiger charge is -2.35. The zero-order chi connectivity index (χ0) is 27.5. The van der Waals surface area contributed by atoms with E-state index < -0.39 is 29.7 Å². The van der Waals surface area contributed by atoms with Crippen molar-refractivity contribution in [2.45, 2.75) is 56.5 Å². The lowest BCUT2D eigenvalue weighted by molar-refractivity contribution is -0.136. The number of imide groups is 2. The first-order valence-electron chi connectivity index (χ1n) is 13.7. The average molecular weight is 543 g/mol. The van der Waals surface area contributed by atoms with Crippen molar-refractivity contribution in [2.75, 3.05) is 11.9 Å². The Morgan fingerprint density at radius 2 is 1.80 bits per heavy atom. The lowest BCUT2D eigenvalue weighted by Crippen LogP contribution is -2.54. The fourth-order valence-electron chi connectivity index (χ4n) is 5.94. The molecule has 3 fully saturated rings. The van der Waals surface area contributed by atoms with Crippen LogP contribution >= 0.6 is 0 Å². The quantitative estimate of drug-likeness (QED) is 0.438. The van der Waals surface area contributed by atoms with E-state index >= 15 is 0 Å². The molecule has 3 aromatic rings. The van der Waals surface area contributed by atoms with Crippen molar-refractivity contribution in [3.8, 4) is 11.3 Å². The first kappa shape index (κ1) is 24.6. The van der Waals surface area contributed by atoms with Crippen LogP contribution in [-0.2, 0) is 9.59 Å². The van der Waals surface area contributed by atoms with Gasteiger partial charge in [-0.1, -0.05) is 0 Å². The summed E-state index contributed by atoms with van der Waals surface area (Å²) in [4.78, 5) is 55.0. The molecule has 204 valence electrons. The van der Waals surface area contributed by atoms with Crippen LogP contribution < -0.4 is 10.6 Å². The Morgan fingerprint density at radius 3 is 2.55 bits per heavy atom. The van der Waals surface area contributed by atoms with Gasteiger partial charge in [0.2, 0.25) is 11.8 Å². The Balaban J connectivity index is 0.993. The summed E-state index contributed by atoms with van der Waals surface area (Å²) >= 11 is 0. The molecule has 4 amide bonds. The van der Waals surface area contributed by atoms with Crippen molar-refractivity contribution in [1.82, 2.24) is 25.0 Å². The molecule has 2 aliphatic heterocycles. The van der Waals surface area contributed by atoms with E-state index in [1.54, 1.807) is 30.5 Å². The third-order valence-corrected chi connectivity index (χ3v) is 8.36. The number of anilines is 1. The minimum absolute atomic E-state index is 0.0841. The van der Waals surface area contributed by atoms with E-state index in [9.17, 15) is 23.6 Å². The average Bonchev–Trinajstić information content (AvgIpc) is 3.63. The van der Waals surface area contributed by atoms with Crippen molar-refractivity contribution in [3.05, 3.63) is 65.4 Å². The molecule has 2 N–H and O–H groups in total. The molecule has 1 unspecified atom stereocenters. The van der Waals surface area contributed by atoms with Gasteiger partial charge >= 0.3 is 0 Å². The molecule has 4 aliphatic rings. The number of nitrogens with zero attached hydrogens (tertiary/aromatic N) is 4. The van der Waals surface area contributed by atoms with Gasteiger partial charge in [0.05, 0.1) is 22.9 Å². The zero-order valence-corrected chi connectivity index (χ0v) is 21.6. The number of pyridine rings is 1. The van der Waals surface area contributed by atoms with Crippen LogP contribution in [0.3, 0.4) is 0 Å². The molecule has 1 atom stereocenters. The van der Waals surface area contributed by atoms with Gasteiger partial charge in [0.25, 0.3) is 11.8 Å². The number of carbonyl (C=O) groups excluding carboxylic acids is 4. The summed E-state index contributed by atoms with van der Waals surface area (Å²) in [6.45, 7) is 0.687. The SMILES string of the molecule is O=C1CCC(N2C(=O)c3ccc(NC[C@H]4C[C@H](n5cc(-c6ncccc6F)c(C6CC6)n5)C4)cc3C2=O)C(=O)N1. The van der Waals surface area contributed by atoms with Crippen LogP contribution in [0.1, 0.15) is 76.9 Å². The molecule has 2 saturated carbocycles. The number of aromatic nitrogens is 3. The van der Waals surface area contributed by atoms with Gasteiger partial charge in [0.1, 0.15) is 17.6 Å². The number of fused-ring (bicyclic) bond motifs is 1. The Hall–Kier alpha value is -4.41. The van der Waals surface area contributed by atoms with Gasteiger partial charge in [-0.2, -0.15) is 5.10 Å². The molecule has 4 heterocycles. The van der Waals surface area contributed by atoms with E-state index in [1.807, 2.05) is 10.9 Å². The molecular formula is C29H27FN6O4. The number of nitrogens with one attached hydrogen (secondary N) is 2. The van der Waals surface area contributed by atoms with Gasteiger partial charge in [-0.05, 0) is 68.4 Å². The van der Waals surface area contributed by atoms with Gasteiger partial charge in [0, 0.05) is 42.5 Å². The zero-order valence-electron chi connectivity index (χ0n) is 21.6. The minimum atomic E-state index is -0.981. The summed E-state index contributed by atoms with van der Waals surface area (Å²) in [6, 6.07) is 7.28. The molecule has 0 spiro atoms. The van der Waals surface area contributed by atoms with Crippen molar-refractivity contribution in [3.63, 3.8) is 0 Å². The minimum Gasteiger partial charge on any atom is -0.385 e. The predicted octanol–water partition coefficient (Wildman–Crippen LogP) is 3.43. The summed E-state index contributed by atoms with van der Waals surface area (Å²) < 4.78 is 16.4. The number of rotatable bonds is 7. The molecule has 40 heavy (non-hydrogen) atoms. The van der Waals surface area contributed by atoms with Crippen LogP contribution in [0.25, 0.3) is 11.3 Å². The van der Waals surface area contributed by atoms with Gasteiger partial charge in [-0.15, -0.1) is 0 Å². The monoisotopic (exact) mass is 542 g/mol. The number of hydrogen-bond acceptors (Lipinski definition) is 7. The highest BCUT2D eigenvalue weighted by molar-refractivity contribution is 6.23. The second-order valence-electron chi connectivity index (χ2n) is 11.1. The third-order valence-electron chi connectivity index (χ3n) is 8.36. The van der Waals surface area contributed by atoms with Gasteiger partial charge in [0.15, 0.2) is 0 Å². The Kier molecular flexibility index (Phi) is 5.76. The maximum atomic E-state index is 14.5. The number of benzene rings is 1. The van der Waals surface area contributed by atoms with Crippen LogP contribution in [0.5, 0.6) is 0 Å². The Morgan fingerprint density at radius 1 is 1.00 bits per heavy atom. The summed E-state index contributed by atoms with van der Waals surface area (Å²) in [5, 5.41) is 10.4. The van der Waals surface area contributed by atoms with Crippen molar-refractivity contribution in [2.24, 2.45) is 5.92 Å². The molecule has 2 aromatic heterocycles. The molecule has 2 aliphatic carbocycles. The van der Waals surface area contributed by atoms with Crippen molar-refractivity contribution in [1.29, 1.82) is 0 Å². The number of piperidine rings is 1. The summed E-state index contributed by atoms with van der Waals surface area (Å²) in [5.74, 6) is -1.64. The number of halogens is 1. The van der Waals surface area contributed by atoms with Gasteiger partial charge in [-0.3, -0.25) is 39.1 Å². The van der Waals surface area contributed by atoms with E-state index in [-0.39, 0.29) is 35.8 Å². The summed E-state index contributed by atoms with van der Waals surface area (Å²) in [7, 11) is 0. The number of amides is 4. The fourth-order valence-corrected chi connectivity index (χ4v) is 5.94. The smallest absolute Gasteiger partial charge is 0.262 e. The number of carbonyl (C=O) groups is 4. The van der Waals surface area contributed by atoms with Crippen molar-refractivity contribution >= 4 is 29.3 Å². The van der Waals surface area contributed by atoms with Crippen LogP contribution in [0, 0.1) is 11.7 Å². The topological polar surface area (TPSA) is 126 Å². The first-order valence-corrected chi connectivity index (χ1v) is 13.7. The Bertz CT molecular complexity index is 1570. The maximum absolute atomic E-state index is 14.5. The summed E-state index contributed by atoms with van der Waals surface area (Å²) in [6.07, 6.45) is 7.70. The van der Waals surface area contributed by atoms with Crippen LogP contribution in [0.15, 0.2) is 42.7 Å². The molecule has 0 bridgehead atoms. The van der Waals surface area contributed by atoms with Crippen LogP contribution in [-0.4, -0.2) is 55.9 Å². The van der Waals surface area contributed by atoms with Gasteiger partial charge < -0.3 is 5.32 Å². The molecule has 7 rings (SSSR count). The van der Waals surface area contributed by atoms with E-state index in [4.69, 9.17) is 5.10 Å². The lowest BCUT2D eigenvalue weighted by atomic mass is 9.80. The molecule has 10 nitrogen and oxygen atoms in total. The Labute approximate surface area is 228 Å². The fraction of sp³-hybridized carbons (Fsp3) is 0.379. The second kappa shape index (κ2) is 9.35. The molecule has 1 saturated heterocycles. The van der Waals surface area contributed by atoms with Gasteiger partial charge in [-0.25, -0.2) is 4.39 Å². The molecule has 0 radical (unpaired) electrons. The standard InChI is InChI=1S/C29H27FN6O4/c30-22-2-1-9-31-26(22)21-14-35(34-25(21)16-3-4-16)18-10-15(11-18)13-32-17-5-6-19-20(12-17)29(40)36(28(19)39)23-7-8-24(37)33-27(23)38/h1-2,5-6,9,12,14-16,18,23,32H,3-4,7-8,10-11,13H2,(H,33,37,38)/t15-,18-,23?. The van der Waals surface area contributed by atoms with E-state index in [0.29, 0.717) is 24.1 Å². The highest BCUT2D eigenvalue weighted by Gasteiger charge is 2.44. The van der Waals surface area contributed by atoms with Crippen LogP contribution in [0.4, 0.5) is 10.1 Å². The van der Waals surface area contributed by atoms with E-state index in [1.165, 1.54) is 6.07 Å².